The van der Waals surface area contributed by atoms with Crippen molar-refractivity contribution < 1.29 is 14.4 Å². The van der Waals surface area contributed by atoms with Crippen LogP contribution in [0.25, 0.3) is 11.3 Å². The molecular weight excluding hydrogens is 579 g/mol. The highest BCUT2D eigenvalue weighted by atomic mass is 35.5. The van der Waals surface area contributed by atoms with Crippen LogP contribution >= 0.6 is 46.1 Å². The number of fused-ring (bicyclic) bond motifs is 4. The molecule has 3 amide bonds. The molecular formula is C28H21Cl3N4O3S. The van der Waals surface area contributed by atoms with Crippen LogP contribution < -0.4 is 5.32 Å². The van der Waals surface area contributed by atoms with Crippen molar-refractivity contribution in [2.45, 2.75) is 31.8 Å². The van der Waals surface area contributed by atoms with Gasteiger partial charge in [-0.1, -0.05) is 53.0 Å². The third-order valence-corrected chi connectivity index (χ3v) is 9.15. The Bertz CT molecular complexity index is 1610. The second-order valence-electron chi connectivity index (χ2n) is 9.50. The van der Waals surface area contributed by atoms with Crippen LogP contribution in [0.3, 0.4) is 0 Å². The highest BCUT2D eigenvalue weighted by Crippen LogP contribution is 2.38. The minimum atomic E-state index is -0.576. The summed E-state index contributed by atoms with van der Waals surface area (Å²) in [5.74, 6) is -1.05. The number of imide groups is 1. The van der Waals surface area contributed by atoms with Gasteiger partial charge in [-0.05, 0) is 55.2 Å². The molecule has 4 aromatic rings. The normalized spacial score (nSPS) is 15.0. The Morgan fingerprint density at radius 1 is 0.974 bits per heavy atom. The standard InChI is InChI=1S/C28H21Cl3N4O3S/c29-20-8-7-15(11-21(20)30)10-16(14-34-27(37)17-4-1-2-5-18(17)28(34)38)33-26(36)24-12-19-23(39-24)6-3-9-35-25(19)22(31)13-32-35/h1-2,4-5,7-8,11-13,16H,3,6,9-10,14H2,(H,33,36). The summed E-state index contributed by atoms with van der Waals surface area (Å²) in [6.45, 7) is 0.763. The minimum absolute atomic E-state index is 0.00200. The van der Waals surface area contributed by atoms with Crippen LogP contribution in [0.5, 0.6) is 0 Å². The maximum Gasteiger partial charge on any atom is 0.261 e. The first-order valence-corrected chi connectivity index (χ1v) is 14.3. The van der Waals surface area contributed by atoms with E-state index >= 15 is 0 Å². The molecule has 2 aliphatic heterocycles. The zero-order chi connectivity index (χ0) is 27.3. The maximum absolute atomic E-state index is 13.6. The molecule has 2 aromatic carbocycles. The van der Waals surface area contributed by atoms with Crippen molar-refractivity contribution in [1.29, 1.82) is 0 Å². The van der Waals surface area contributed by atoms with E-state index in [1.807, 2.05) is 16.8 Å². The highest BCUT2D eigenvalue weighted by Gasteiger charge is 2.37. The molecule has 1 N–H and O–H groups in total. The largest absolute Gasteiger partial charge is 0.346 e. The fraction of sp³-hybridized carbons (Fsp3) is 0.214. The van der Waals surface area contributed by atoms with Crippen molar-refractivity contribution in [3.63, 3.8) is 0 Å². The molecule has 2 aromatic heterocycles. The maximum atomic E-state index is 13.6. The first kappa shape index (κ1) is 26.1. The minimum Gasteiger partial charge on any atom is -0.346 e. The monoisotopic (exact) mass is 598 g/mol. The first-order valence-electron chi connectivity index (χ1n) is 12.3. The number of nitrogens with one attached hydrogen (secondary N) is 1. The number of hydrogen-bond acceptors (Lipinski definition) is 5. The van der Waals surface area contributed by atoms with Crippen molar-refractivity contribution in [2.75, 3.05) is 6.54 Å². The zero-order valence-corrected chi connectivity index (χ0v) is 23.5. The van der Waals surface area contributed by atoms with Gasteiger partial charge in [0.25, 0.3) is 17.7 Å². The summed E-state index contributed by atoms with van der Waals surface area (Å²) in [5.41, 5.74) is 3.25. The van der Waals surface area contributed by atoms with Gasteiger partial charge in [0.2, 0.25) is 0 Å². The number of rotatable bonds is 6. The SMILES string of the molecule is O=C(NC(Cc1ccc(Cl)c(Cl)c1)CN1C(=O)c2ccccc2C1=O)c1cc2c(s1)CCCn1ncc(Cl)c1-2. The smallest absolute Gasteiger partial charge is 0.261 e. The molecule has 2 aliphatic rings. The third kappa shape index (κ3) is 4.87. The van der Waals surface area contributed by atoms with E-state index in [4.69, 9.17) is 34.8 Å². The van der Waals surface area contributed by atoms with Crippen LogP contribution in [0.15, 0.2) is 54.7 Å². The fourth-order valence-corrected chi connectivity index (χ4v) is 6.78. The molecule has 0 bridgehead atoms. The lowest BCUT2D eigenvalue weighted by molar-refractivity contribution is 0.0629. The van der Waals surface area contributed by atoms with Crippen LogP contribution in [-0.4, -0.2) is 45.0 Å². The summed E-state index contributed by atoms with van der Waals surface area (Å²) in [7, 11) is 0. The lowest BCUT2D eigenvalue weighted by Gasteiger charge is -2.24. The van der Waals surface area contributed by atoms with E-state index in [0.717, 1.165) is 41.1 Å². The number of nitrogens with zero attached hydrogens (tertiary/aromatic N) is 3. The number of amides is 3. The van der Waals surface area contributed by atoms with Gasteiger partial charge < -0.3 is 5.32 Å². The van der Waals surface area contributed by atoms with E-state index in [1.54, 1.807) is 42.6 Å². The number of halogens is 3. The molecule has 39 heavy (non-hydrogen) atoms. The predicted octanol–water partition coefficient (Wildman–Crippen LogP) is 6.16. The molecule has 198 valence electrons. The van der Waals surface area contributed by atoms with E-state index in [1.165, 1.54) is 16.2 Å². The van der Waals surface area contributed by atoms with Gasteiger partial charge in [0.05, 0.1) is 49.0 Å². The van der Waals surface area contributed by atoms with Gasteiger partial charge in [-0.2, -0.15) is 5.10 Å². The topological polar surface area (TPSA) is 84.3 Å². The van der Waals surface area contributed by atoms with Crippen LogP contribution in [0, 0.1) is 0 Å². The van der Waals surface area contributed by atoms with Crippen LogP contribution in [-0.2, 0) is 19.4 Å². The summed E-state index contributed by atoms with van der Waals surface area (Å²) in [5, 5.41) is 8.78. The van der Waals surface area contributed by atoms with Crippen LogP contribution in [0.1, 0.15) is 47.2 Å². The second kappa shape index (κ2) is 10.4. The van der Waals surface area contributed by atoms with E-state index in [-0.39, 0.29) is 24.3 Å². The number of carbonyl (C=O) groups is 3. The van der Waals surface area contributed by atoms with E-state index in [2.05, 4.69) is 10.4 Å². The number of benzene rings is 2. The number of aryl methyl sites for hydroxylation is 2. The molecule has 0 fully saturated rings. The number of hydrogen-bond donors (Lipinski definition) is 1. The zero-order valence-electron chi connectivity index (χ0n) is 20.4. The van der Waals surface area contributed by atoms with Crippen molar-refractivity contribution in [3.05, 3.63) is 96.2 Å². The lowest BCUT2D eigenvalue weighted by Crippen LogP contribution is -2.46. The van der Waals surface area contributed by atoms with Crippen molar-refractivity contribution in [2.24, 2.45) is 0 Å². The molecule has 1 unspecified atom stereocenters. The van der Waals surface area contributed by atoms with Crippen molar-refractivity contribution in [1.82, 2.24) is 20.0 Å². The van der Waals surface area contributed by atoms with Gasteiger partial charge in [-0.15, -0.1) is 11.3 Å². The summed E-state index contributed by atoms with van der Waals surface area (Å²) < 4.78 is 1.87. The van der Waals surface area contributed by atoms with Gasteiger partial charge in [0.1, 0.15) is 0 Å². The number of thiophene rings is 1. The van der Waals surface area contributed by atoms with Gasteiger partial charge in [0.15, 0.2) is 0 Å². The van der Waals surface area contributed by atoms with E-state index < -0.39 is 6.04 Å². The average molecular weight is 600 g/mol. The van der Waals surface area contributed by atoms with Crippen LogP contribution in [0.4, 0.5) is 0 Å². The molecule has 0 saturated carbocycles. The number of carbonyl (C=O) groups excluding carboxylic acids is 3. The van der Waals surface area contributed by atoms with Gasteiger partial charge in [-0.3, -0.25) is 24.0 Å². The Kier molecular flexibility index (Phi) is 6.97. The molecule has 0 spiro atoms. The molecule has 7 nitrogen and oxygen atoms in total. The summed E-state index contributed by atoms with van der Waals surface area (Å²) in [4.78, 5) is 42.5. The van der Waals surface area contributed by atoms with Gasteiger partial charge in [0, 0.05) is 23.5 Å². The van der Waals surface area contributed by atoms with Gasteiger partial charge >= 0.3 is 0 Å². The summed E-state index contributed by atoms with van der Waals surface area (Å²) in [6.07, 6.45) is 3.66. The fourth-order valence-electron chi connectivity index (χ4n) is 5.11. The quantitative estimate of drug-likeness (QED) is 0.269. The Labute approximate surface area is 243 Å². The molecule has 1 atom stereocenters. The van der Waals surface area contributed by atoms with Crippen LogP contribution in [0.2, 0.25) is 15.1 Å². The molecule has 11 heteroatoms. The van der Waals surface area contributed by atoms with Crippen molar-refractivity contribution in [3.8, 4) is 11.3 Å². The molecule has 4 heterocycles. The highest BCUT2D eigenvalue weighted by molar-refractivity contribution is 7.14. The second-order valence-corrected chi connectivity index (χ2v) is 11.9. The first-order chi connectivity index (χ1) is 18.8. The third-order valence-electron chi connectivity index (χ3n) is 6.94. The lowest BCUT2D eigenvalue weighted by atomic mass is 10.0. The summed E-state index contributed by atoms with van der Waals surface area (Å²) in [6, 6.07) is 13.2. The molecule has 6 rings (SSSR count). The molecule has 0 saturated heterocycles. The Balaban J connectivity index is 1.29. The Morgan fingerprint density at radius 2 is 1.72 bits per heavy atom. The van der Waals surface area contributed by atoms with E-state index in [9.17, 15) is 14.4 Å². The van der Waals surface area contributed by atoms with Crippen molar-refractivity contribution >= 4 is 63.9 Å². The Morgan fingerprint density at radius 3 is 2.44 bits per heavy atom. The predicted molar refractivity (Wildman–Crippen MR) is 152 cm³/mol. The number of aromatic nitrogens is 2. The summed E-state index contributed by atoms with van der Waals surface area (Å²) >= 11 is 20.2. The Hall–Kier alpha value is -3.17. The van der Waals surface area contributed by atoms with Gasteiger partial charge in [-0.25, -0.2) is 0 Å². The molecule has 0 aliphatic carbocycles. The average Bonchev–Trinajstić information content (AvgIpc) is 3.53. The molecule has 0 radical (unpaired) electrons. The van der Waals surface area contributed by atoms with E-state index in [0.29, 0.717) is 37.5 Å².